The van der Waals surface area contributed by atoms with E-state index >= 15 is 0 Å². The molecule has 2 unspecified atom stereocenters. The van der Waals surface area contributed by atoms with E-state index in [4.69, 9.17) is 0 Å². The van der Waals surface area contributed by atoms with Gasteiger partial charge in [0, 0.05) is 37.3 Å². The van der Waals surface area contributed by atoms with E-state index in [-0.39, 0.29) is 0 Å². The van der Waals surface area contributed by atoms with Gasteiger partial charge in [-0.25, -0.2) is 0 Å². The molecule has 0 aromatic carbocycles. The maximum Gasteiger partial charge on any atom is 0.0241 e. The van der Waals surface area contributed by atoms with Gasteiger partial charge in [0.05, 0.1) is 0 Å². The van der Waals surface area contributed by atoms with E-state index in [1.807, 2.05) is 0 Å². The Hall–Kier alpha value is -0.120. The van der Waals surface area contributed by atoms with Crippen LogP contribution in [-0.2, 0) is 0 Å². The lowest BCUT2D eigenvalue weighted by Crippen LogP contribution is -2.46. The lowest BCUT2D eigenvalue weighted by molar-refractivity contribution is 0.133. The van der Waals surface area contributed by atoms with E-state index in [2.05, 4.69) is 42.9 Å². The molecule has 0 saturated carbocycles. The van der Waals surface area contributed by atoms with Gasteiger partial charge in [0.1, 0.15) is 0 Å². The van der Waals surface area contributed by atoms with Crippen molar-refractivity contribution in [3.05, 3.63) is 0 Å². The van der Waals surface area contributed by atoms with Crippen LogP contribution in [0.4, 0.5) is 0 Å². The number of hydrogen-bond donors (Lipinski definition) is 1. The second-order valence-electron chi connectivity index (χ2n) is 6.54. The minimum atomic E-state index is 0.334. The van der Waals surface area contributed by atoms with Crippen molar-refractivity contribution in [1.82, 2.24) is 15.1 Å². The Labute approximate surface area is 107 Å². The van der Waals surface area contributed by atoms with E-state index in [1.54, 1.807) is 0 Å². The molecule has 2 fully saturated rings. The third kappa shape index (κ3) is 3.21. The summed E-state index contributed by atoms with van der Waals surface area (Å²) in [6.45, 7) is 12.0. The number of likely N-dealkylation sites (N-methyl/N-ethyl adjacent to an activating group) is 1. The van der Waals surface area contributed by atoms with Crippen molar-refractivity contribution in [3.8, 4) is 0 Å². The molecule has 0 amide bonds. The highest BCUT2D eigenvalue weighted by Gasteiger charge is 2.36. The normalized spacial score (nSPS) is 36.0. The Balaban J connectivity index is 2.02. The first kappa shape index (κ1) is 13.3. The van der Waals surface area contributed by atoms with Crippen LogP contribution in [-0.4, -0.2) is 60.6 Å². The standard InChI is InChI=1S/C14H29N3/c1-5-12-11-16(4)7-6-8-17(12)13-9-14(2,3)15-10-13/h12-13,15H,5-11H2,1-4H3. The summed E-state index contributed by atoms with van der Waals surface area (Å²) in [6, 6.07) is 1.50. The maximum absolute atomic E-state index is 3.66. The van der Waals surface area contributed by atoms with Gasteiger partial charge >= 0.3 is 0 Å². The summed E-state index contributed by atoms with van der Waals surface area (Å²) in [7, 11) is 2.27. The maximum atomic E-state index is 3.66. The molecular weight excluding hydrogens is 210 g/mol. The highest BCUT2D eigenvalue weighted by Crippen LogP contribution is 2.26. The Morgan fingerprint density at radius 1 is 1.29 bits per heavy atom. The van der Waals surface area contributed by atoms with E-state index < -0.39 is 0 Å². The fourth-order valence-corrected chi connectivity index (χ4v) is 3.47. The fourth-order valence-electron chi connectivity index (χ4n) is 3.47. The Bertz CT molecular complexity index is 252. The van der Waals surface area contributed by atoms with Crippen LogP contribution in [0.15, 0.2) is 0 Å². The van der Waals surface area contributed by atoms with Crippen molar-refractivity contribution >= 4 is 0 Å². The fraction of sp³-hybridized carbons (Fsp3) is 1.00. The first-order chi connectivity index (χ1) is 8.02. The molecular formula is C14H29N3. The third-order valence-electron chi connectivity index (χ3n) is 4.45. The Kier molecular flexibility index (Phi) is 4.11. The van der Waals surface area contributed by atoms with Crippen LogP contribution in [0.1, 0.15) is 40.0 Å². The molecule has 3 nitrogen and oxygen atoms in total. The van der Waals surface area contributed by atoms with Crippen molar-refractivity contribution in [2.45, 2.75) is 57.7 Å². The van der Waals surface area contributed by atoms with Crippen LogP contribution in [0.2, 0.25) is 0 Å². The summed E-state index contributed by atoms with van der Waals surface area (Å²) in [5.41, 5.74) is 0.334. The second-order valence-corrected chi connectivity index (χ2v) is 6.54. The van der Waals surface area contributed by atoms with E-state index in [9.17, 15) is 0 Å². The predicted molar refractivity (Wildman–Crippen MR) is 73.4 cm³/mol. The monoisotopic (exact) mass is 239 g/mol. The van der Waals surface area contributed by atoms with Crippen LogP contribution in [0, 0.1) is 0 Å². The second kappa shape index (κ2) is 5.25. The average Bonchev–Trinajstić information content (AvgIpc) is 2.51. The highest BCUT2D eigenvalue weighted by molar-refractivity contribution is 4.96. The van der Waals surface area contributed by atoms with E-state index in [0.717, 1.165) is 12.1 Å². The topological polar surface area (TPSA) is 18.5 Å². The van der Waals surface area contributed by atoms with Gasteiger partial charge < -0.3 is 10.2 Å². The summed E-state index contributed by atoms with van der Waals surface area (Å²) >= 11 is 0. The largest absolute Gasteiger partial charge is 0.310 e. The number of nitrogens with zero attached hydrogens (tertiary/aromatic N) is 2. The SMILES string of the molecule is CCC1CN(C)CCCN1C1CNC(C)(C)C1. The number of nitrogens with one attached hydrogen (secondary N) is 1. The molecule has 2 heterocycles. The Morgan fingerprint density at radius 2 is 2.06 bits per heavy atom. The zero-order valence-electron chi connectivity index (χ0n) is 12.0. The smallest absolute Gasteiger partial charge is 0.0241 e. The van der Waals surface area contributed by atoms with Crippen molar-refractivity contribution in [2.75, 3.05) is 33.2 Å². The van der Waals surface area contributed by atoms with Gasteiger partial charge in [0.2, 0.25) is 0 Å². The molecule has 0 spiro atoms. The number of hydrogen-bond acceptors (Lipinski definition) is 3. The van der Waals surface area contributed by atoms with E-state index in [0.29, 0.717) is 5.54 Å². The molecule has 2 atom stereocenters. The molecule has 0 aromatic heterocycles. The van der Waals surface area contributed by atoms with Crippen LogP contribution < -0.4 is 5.32 Å². The van der Waals surface area contributed by atoms with Crippen molar-refractivity contribution < 1.29 is 0 Å². The van der Waals surface area contributed by atoms with Crippen LogP contribution >= 0.6 is 0 Å². The summed E-state index contributed by atoms with van der Waals surface area (Å²) < 4.78 is 0. The van der Waals surface area contributed by atoms with Gasteiger partial charge in [0.25, 0.3) is 0 Å². The lowest BCUT2D eigenvalue weighted by atomic mass is 9.99. The van der Waals surface area contributed by atoms with E-state index in [1.165, 1.54) is 45.4 Å². The molecule has 0 radical (unpaired) electrons. The molecule has 3 heteroatoms. The molecule has 2 saturated heterocycles. The van der Waals surface area contributed by atoms with Gasteiger partial charge in [-0.2, -0.15) is 0 Å². The third-order valence-corrected chi connectivity index (χ3v) is 4.45. The molecule has 100 valence electrons. The summed E-state index contributed by atoms with van der Waals surface area (Å²) in [6.07, 6.45) is 3.90. The first-order valence-electron chi connectivity index (χ1n) is 7.21. The number of rotatable bonds is 2. The van der Waals surface area contributed by atoms with Gasteiger partial charge in [-0.1, -0.05) is 6.92 Å². The lowest BCUT2D eigenvalue weighted by Gasteiger charge is -2.35. The van der Waals surface area contributed by atoms with Gasteiger partial charge in [-0.3, -0.25) is 4.90 Å². The molecule has 0 aromatic rings. The Morgan fingerprint density at radius 3 is 2.65 bits per heavy atom. The molecule has 2 rings (SSSR count). The molecule has 0 bridgehead atoms. The summed E-state index contributed by atoms with van der Waals surface area (Å²) in [5.74, 6) is 0. The predicted octanol–water partition coefficient (Wildman–Crippen LogP) is 1.54. The molecule has 2 aliphatic rings. The first-order valence-corrected chi connectivity index (χ1v) is 7.21. The van der Waals surface area contributed by atoms with Crippen LogP contribution in [0.5, 0.6) is 0 Å². The molecule has 0 aliphatic carbocycles. The van der Waals surface area contributed by atoms with Gasteiger partial charge in [-0.05, 0) is 46.7 Å². The zero-order chi connectivity index (χ0) is 12.5. The quantitative estimate of drug-likeness (QED) is 0.788. The van der Waals surface area contributed by atoms with Crippen molar-refractivity contribution in [2.24, 2.45) is 0 Å². The molecule has 2 aliphatic heterocycles. The van der Waals surface area contributed by atoms with Gasteiger partial charge in [0.15, 0.2) is 0 Å². The van der Waals surface area contributed by atoms with Crippen molar-refractivity contribution in [1.29, 1.82) is 0 Å². The van der Waals surface area contributed by atoms with Crippen LogP contribution in [0.3, 0.4) is 0 Å². The van der Waals surface area contributed by atoms with Crippen molar-refractivity contribution in [3.63, 3.8) is 0 Å². The van der Waals surface area contributed by atoms with Gasteiger partial charge in [-0.15, -0.1) is 0 Å². The van der Waals surface area contributed by atoms with Crippen LogP contribution in [0.25, 0.3) is 0 Å². The highest BCUT2D eigenvalue weighted by atomic mass is 15.3. The summed E-state index contributed by atoms with van der Waals surface area (Å²) in [4.78, 5) is 5.28. The molecule has 17 heavy (non-hydrogen) atoms. The average molecular weight is 239 g/mol. The summed E-state index contributed by atoms with van der Waals surface area (Å²) in [5, 5.41) is 3.66. The minimum absolute atomic E-state index is 0.334. The minimum Gasteiger partial charge on any atom is -0.310 e. The molecule has 1 N–H and O–H groups in total. The zero-order valence-corrected chi connectivity index (χ0v) is 12.0.